The Labute approximate surface area is 121 Å². The van der Waals surface area contributed by atoms with Gasteiger partial charge in [0.2, 0.25) is 0 Å². The van der Waals surface area contributed by atoms with Crippen molar-refractivity contribution in [1.29, 1.82) is 0 Å². The molecule has 1 N–H and O–H groups in total. The summed E-state index contributed by atoms with van der Waals surface area (Å²) in [5.74, 6) is -0.760. The Balaban J connectivity index is 2.38. The van der Waals surface area contributed by atoms with Crippen LogP contribution in [-0.2, 0) is 10.9 Å². The molecule has 1 aromatic carbocycles. The summed E-state index contributed by atoms with van der Waals surface area (Å²) in [4.78, 5) is 0. The minimum Gasteiger partial charge on any atom is -0.364 e. The fourth-order valence-electron chi connectivity index (χ4n) is 2.43. The molecule has 1 saturated heterocycles. The third-order valence-corrected chi connectivity index (χ3v) is 4.11. The van der Waals surface area contributed by atoms with Crippen molar-refractivity contribution < 1.29 is 22.3 Å². The fourth-order valence-corrected chi connectivity index (χ4v) is 2.43. The van der Waals surface area contributed by atoms with Gasteiger partial charge in [0.15, 0.2) is 0 Å². The van der Waals surface area contributed by atoms with Crippen LogP contribution in [-0.4, -0.2) is 18.7 Å². The van der Waals surface area contributed by atoms with E-state index in [1.807, 2.05) is 20.8 Å². The lowest BCUT2D eigenvalue weighted by Crippen LogP contribution is -2.52. The molecule has 0 radical (unpaired) electrons. The van der Waals surface area contributed by atoms with Gasteiger partial charge in [0.1, 0.15) is 5.82 Å². The topological polar surface area (TPSA) is 21.3 Å². The van der Waals surface area contributed by atoms with Crippen molar-refractivity contribution in [1.82, 2.24) is 5.32 Å². The smallest absolute Gasteiger partial charge is 0.364 e. The van der Waals surface area contributed by atoms with E-state index in [0.29, 0.717) is 12.6 Å². The molecule has 1 heterocycles. The molecule has 0 spiro atoms. The number of rotatable bonds is 2. The Kier molecular flexibility index (Phi) is 4.31. The largest absolute Gasteiger partial charge is 0.416 e. The zero-order valence-electron chi connectivity index (χ0n) is 12.2. The van der Waals surface area contributed by atoms with E-state index in [1.54, 1.807) is 0 Å². The number of nitrogens with one attached hydrogen (secondary N) is 1. The molecular weight excluding hydrogens is 286 g/mol. The first-order chi connectivity index (χ1) is 9.63. The lowest BCUT2D eigenvalue weighted by Gasteiger charge is -2.42. The van der Waals surface area contributed by atoms with Crippen molar-refractivity contribution in [2.45, 2.75) is 38.7 Å². The predicted octanol–water partition coefficient (Wildman–Crippen LogP) is 3.92. The van der Waals surface area contributed by atoms with E-state index in [-0.39, 0.29) is 18.0 Å². The van der Waals surface area contributed by atoms with Crippen molar-refractivity contribution in [3.8, 4) is 0 Å². The van der Waals surface area contributed by atoms with Gasteiger partial charge in [-0.2, -0.15) is 13.2 Å². The minimum atomic E-state index is -4.60. The lowest BCUT2D eigenvalue weighted by atomic mass is 9.89. The van der Waals surface area contributed by atoms with Gasteiger partial charge in [-0.05, 0) is 30.5 Å². The molecule has 2 unspecified atom stereocenters. The Hall–Kier alpha value is -1.14. The van der Waals surface area contributed by atoms with E-state index in [9.17, 15) is 17.6 Å². The summed E-state index contributed by atoms with van der Waals surface area (Å²) < 4.78 is 58.4. The normalized spacial score (nSPS) is 27.1. The van der Waals surface area contributed by atoms with E-state index < -0.39 is 29.3 Å². The average molecular weight is 305 g/mol. The number of halogens is 4. The van der Waals surface area contributed by atoms with Gasteiger partial charge in [-0.3, -0.25) is 0 Å². The van der Waals surface area contributed by atoms with Crippen LogP contribution in [0.4, 0.5) is 17.6 Å². The molecule has 0 bridgehead atoms. The quantitative estimate of drug-likeness (QED) is 0.836. The SMILES string of the molecule is CC(C)C1(C)CNCC(c2ccc(F)cc2C(F)(F)F)O1. The Morgan fingerprint density at radius 3 is 2.57 bits per heavy atom. The standard InChI is InChI=1S/C15H19F4NO/c1-9(2)14(3)8-20-7-13(21-14)11-5-4-10(16)6-12(11)15(17,18)19/h4-6,9,13,20H,7-8H2,1-3H3. The van der Waals surface area contributed by atoms with Crippen LogP contribution in [0.2, 0.25) is 0 Å². The molecule has 6 heteroatoms. The first-order valence-corrected chi connectivity index (χ1v) is 6.88. The van der Waals surface area contributed by atoms with E-state index in [2.05, 4.69) is 5.32 Å². The van der Waals surface area contributed by atoms with Gasteiger partial charge in [0.05, 0.1) is 17.3 Å². The van der Waals surface area contributed by atoms with Crippen LogP contribution >= 0.6 is 0 Å². The van der Waals surface area contributed by atoms with Crippen LogP contribution in [0.5, 0.6) is 0 Å². The second-order valence-electron chi connectivity index (χ2n) is 5.93. The van der Waals surface area contributed by atoms with Gasteiger partial charge in [-0.25, -0.2) is 4.39 Å². The fraction of sp³-hybridized carbons (Fsp3) is 0.600. The molecule has 0 amide bonds. The summed E-state index contributed by atoms with van der Waals surface area (Å²) in [6.45, 7) is 6.63. The summed E-state index contributed by atoms with van der Waals surface area (Å²) in [6.07, 6.45) is -5.35. The van der Waals surface area contributed by atoms with E-state index in [0.717, 1.165) is 12.1 Å². The average Bonchev–Trinajstić information content (AvgIpc) is 2.37. The molecule has 118 valence electrons. The van der Waals surface area contributed by atoms with Crippen LogP contribution in [0, 0.1) is 11.7 Å². The number of alkyl halides is 3. The highest BCUT2D eigenvalue weighted by Crippen LogP contribution is 2.39. The van der Waals surface area contributed by atoms with Gasteiger partial charge in [0.25, 0.3) is 0 Å². The predicted molar refractivity (Wildman–Crippen MR) is 71.3 cm³/mol. The zero-order valence-corrected chi connectivity index (χ0v) is 12.2. The van der Waals surface area contributed by atoms with Crippen molar-refractivity contribution in [2.24, 2.45) is 5.92 Å². The zero-order chi connectivity index (χ0) is 15.8. The highest BCUT2D eigenvalue weighted by molar-refractivity contribution is 5.33. The van der Waals surface area contributed by atoms with Crippen molar-refractivity contribution >= 4 is 0 Å². The molecule has 1 aliphatic heterocycles. The molecular formula is C15H19F4NO. The van der Waals surface area contributed by atoms with Crippen LogP contribution in [0.25, 0.3) is 0 Å². The molecule has 0 aliphatic carbocycles. The molecule has 1 aromatic rings. The maximum Gasteiger partial charge on any atom is 0.416 e. The van der Waals surface area contributed by atoms with Gasteiger partial charge in [0, 0.05) is 13.1 Å². The third kappa shape index (κ3) is 3.37. The van der Waals surface area contributed by atoms with E-state index in [4.69, 9.17) is 4.74 Å². The summed E-state index contributed by atoms with van der Waals surface area (Å²) in [7, 11) is 0. The number of morpholine rings is 1. The molecule has 1 aliphatic rings. The Bertz CT molecular complexity index is 515. The number of benzene rings is 1. The summed E-state index contributed by atoms with van der Waals surface area (Å²) >= 11 is 0. The Morgan fingerprint density at radius 1 is 1.33 bits per heavy atom. The molecule has 2 atom stereocenters. The monoisotopic (exact) mass is 305 g/mol. The molecule has 0 saturated carbocycles. The molecule has 1 fully saturated rings. The molecule has 21 heavy (non-hydrogen) atoms. The summed E-state index contributed by atoms with van der Waals surface area (Å²) in [5.41, 5.74) is -1.55. The Morgan fingerprint density at radius 2 is 2.00 bits per heavy atom. The van der Waals surface area contributed by atoms with Crippen LogP contribution in [0.1, 0.15) is 38.0 Å². The van der Waals surface area contributed by atoms with Crippen molar-refractivity contribution in [2.75, 3.05) is 13.1 Å². The van der Waals surface area contributed by atoms with Gasteiger partial charge < -0.3 is 10.1 Å². The van der Waals surface area contributed by atoms with Gasteiger partial charge >= 0.3 is 6.18 Å². The van der Waals surface area contributed by atoms with Crippen molar-refractivity contribution in [3.05, 3.63) is 35.1 Å². The van der Waals surface area contributed by atoms with Gasteiger partial charge in [-0.15, -0.1) is 0 Å². The van der Waals surface area contributed by atoms with Gasteiger partial charge in [-0.1, -0.05) is 19.9 Å². The molecule has 2 rings (SSSR count). The van der Waals surface area contributed by atoms with Crippen molar-refractivity contribution in [3.63, 3.8) is 0 Å². The first kappa shape index (κ1) is 16.2. The number of hydrogen-bond acceptors (Lipinski definition) is 2. The highest BCUT2D eigenvalue weighted by Gasteiger charge is 2.41. The summed E-state index contributed by atoms with van der Waals surface area (Å²) in [6, 6.07) is 2.73. The highest BCUT2D eigenvalue weighted by atomic mass is 19.4. The minimum absolute atomic E-state index is 0.0250. The van der Waals surface area contributed by atoms with E-state index >= 15 is 0 Å². The number of ether oxygens (including phenoxy) is 1. The first-order valence-electron chi connectivity index (χ1n) is 6.88. The summed E-state index contributed by atoms with van der Waals surface area (Å²) in [5, 5.41) is 3.11. The molecule has 0 aromatic heterocycles. The van der Waals surface area contributed by atoms with E-state index in [1.165, 1.54) is 0 Å². The van der Waals surface area contributed by atoms with Crippen LogP contribution < -0.4 is 5.32 Å². The number of hydrogen-bond donors (Lipinski definition) is 1. The lowest BCUT2D eigenvalue weighted by molar-refractivity contribution is -0.150. The maximum absolute atomic E-state index is 13.2. The second-order valence-corrected chi connectivity index (χ2v) is 5.93. The van der Waals surface area contributed by atoms with Crippen LogP contribution in [0.15, 0.2) is 18.2 Å². The second kappa shape index (κ2) is 5.57. The van der Waals surface area contributed by atoms with Crippen LogP contribution in [0.3, 0.4) is 0 Å². The molecule has 2 nitrogen and oxygen atoms in total. The third-order valence-electron chi connectivity index (χ3n) is 4.11. The maximum atomic E-state index is 13.2.